The number of hydrogen-bond acceptors (Lipinski definition) is 0. The van der Waals surface area contributed by atoms with Crippen LogP contribution in [0.2, 0.25) is 0 Å². The molecule has 0 bridgehead atoms. The van der Waals surface area contributed by atoms with E-state index in [4.69, 9.17) is 0 Å². The van der Waals surface area contributed by atoms with Gasteiger partial charge in [0.1, 0.15) is 0 Å². The molecular formula is C22H36ClF4I2P. The summed E-state index contributed by atoms with van der Waals surface area (Å²) >= 11 is 2.41. The van der Waals surface area contributed by atoms with Crippen LogP contribution >= 0.6 is 52.4 Å². The molecular weight excluding hydrogens is 660 g/mol. The van der Waals surface area contributed by atoms with Crippen LogP contribution in [0.15, 0.2) is 0 Å². The molecule has 0 saturated heterocycles. The molecule has 8 heteroatoms. The van der Waals surface area contributed by atoms with Crippen LogP contribution in [0.5, 0.6) is 0 Å². The van der Waals surface area contributed by atoms with Crippen LogP contribution in [0.25, 0.3) is 0 Å². The van der Waals surface area contributed by atoms with Crippen molar-refractivity contribution in [1.29, 1.82) is 0 Å². The molecule has 0 atom stereocenters. The van der Waals surface area contributed by atoms with Crippen molar-refractivity contribution in [3.05, 3.63) is 30.4 Å². The lowest BCUT2D eigenvalue weighted by molar-refractivity contribution is -0.00000833. The second-order valence-electron chi connectivity index (χ2n) is 7.53. The first kappa shape index (κ1) is 33.3. The summed E-state index contributed by atoms with van der Waals surface area (Å²) in [5.41, 5.74) is 0. The lowest BCUT2D eigenvalue weighted by Gasteiger charge is -2.28. The molecule has 0 N–H and O–H groups in total. The van der Waals surface area contributed by atoms with Crippen LogP contribution in [0, 0.1) is 30.4 Å². The monoisotopic (exact) mass is 696 g/mol. The molecule has 1 aromatic rings. The van der Waals surface area contributed by atoms with Gasteiger partial charge in [-0.25, -0.2) is 17.6 Å². The molecule has 0 spiro atoms. The molecule has 1 rings (SSSR count). The van der Waals surface area contributed by atoms with E-state index in [1.165, 1.54) is 96.5 Å². The summed E-state index contributed by atoms with van der Waals surface area (Å²) < 4.78 is 49.2. The summed E-state index contributed by atoms with van der Waals surface area (Å²) in [5.74, 6) is -5.39. The molecule has 0 nitrogen and oxygen atoms in total. The molecule has 0 amide bonds. The van der Waals surface area contributed by atoms with E-state index in [0.29, 0.717) is 0 Å². The molecule has 0 radical (unpaired) electrons. The topological polar surface area (TPSA) is 0 Å². The standard InChI is InChI=1S/C16H36P.C6F4I2.ClH/c1-5-9-13-17(14-10-6-2,15-11-7-3)16-12-8-4;7-1-2(8)6(12)4(10)3(9)5(1)11;/h5-16H2,1-4H3;;1H/q+1;;/p-1. The van der Waals surface area contributed by atoms with E-state index in [2.05, 4.69) is 27.7 Å². The number of rotatable bonds is 12. The van der Waals surface area contributed by atoms with Crippen LogP contribution in [0.3, 0.4) is 0 Å². The van der Waals surface area contributed by atoms with Gasteiger partial charge in [0.05, 0.1) is 31.8 Å². The van der Waals surface area contributed by atoms with Crippen LogP contribution in [0.1, 0.15) is 79.1 Å². The maximum Gasteiger partial charge on any atom is 0.176 e. The van der Waals surface area contributed by atoms with E-state index >= 15 is 0 Å². The van der Waals surface area contributed by atoms with Gasteiger partial charge >= 0.3 is 0 Å². The highest BCUT2D eigenvalue weighted by Gasteiger charge is 2.34. The number of halogens is 7. The summed E-state index contributed by atoms with van der Waals surface area (Å²) in [4.78, 5) is 0. The van der Waals surface area contributed by atoms with E-state index in [0.717, 1.165) is 0 Å². The highest BCUT2D eigenvalue weighted by atomic mass is 127. The lowest BCUT2D eigenvalue weighted by atomic mass is 10.3. The molecule has 0 aliphatic rings. The Morgan fingerprint density at radius 1 is 0.533 bits per heavy atom. The normalized spacial score (nSPS) is 11.0. The van der Waals surface area contributed by atoms with E-state index in [1.807, 2.05) is 0 Å². The number of hydrogen-bond donors (Lipinski definition) is 0. The SMILES string of the molecule is CCCC[P+](CCCC)(CCCC)CCCC.Fc1c(F)c(I)c(F)c(F)c1I.[Cl-]. The Morgan fingerprint density at radius 3 is 0.900 bits per heavy atom. The Labute approximate surface area is 215 Å². The third-order valence-corrected chi connectivity index (χ3v) is 12.1. The van der Waals surface area contributed by atoms with Crippen LogP contribution < -0.4 is 12.4 Å². The van der Waals surface area contributed by atoms with E-state index in [9.17, 15) is 17.6 Å². The fourth-order valence-electron chi connectivity index (χ4n) is 3.22. The molecule has 0 unspecified atom stereocenters. The van der Waals surface area contributed by atoms with Crippen molar-refractivity contribution in [1.82, 2.24) is 0 Å². The summed E-state index contributed by atoms with van der Waals surface area (Å²) in [6, 6.07) is 0. The van der Waals surface area contributed by atoms with Crippen molar-refractivity contribution in [2.45, 2.75) is 79.1 Å². The largest absolute Gasteiger partial charge is 1.00 e. The maximum atomic E-state index is 12.6. The Hall–Kier alpha value is 1.12. The first-order chi connectivity index (χ1) is 13.7. The average Bonchev–Trinajstić information content (AvgIpc) is 2.74. The van der Waals surface area contributed by atoms with Crippen LogP contribution in [-0.2, 0) is 0 Å². The smallest absolute Gasteiger partial charge is 0.176 e. The fraction of sp³-hybridized carbons (Fsp3) is 0.727. The highest BCUT2D eigenvalue weighted by molar-refractivity contribution is 14.1. The van der Waals surface area contributed by atoms with E-state index < -0.39 is 37.7 Å². The minimum absolute atomic E-state index is 0. The quantitative estimate of drug-likeness (QED) is 0.0755. The van der Waals surface area contributed by atoms with Gasteiger partial charge in [-0.05, 0) is 70.9 Å². The van der Waals surface area contributed by atoms with Gasteiger partial charge in [-0.2, -0.15) is 0 Å². The summed E-state index contributed by atoms with van der Waals surface area (Å²) in [6.07, 6.45) is 17.9. The van der Waals surface area contributed by atoms with Gasteiger partial charge < -0.3 is 12.4 Å². The molecule has 0 aliphatic carbocycles. The van der Waals surface area contributed by atoms with Gasteiger partial charge in [0.15, 0.2) is 23.3 Å². The highest BCUT2D eigenvalue weighted by Crippen LogP contribution is 2.61. The third kappa shape index (κ3) is 11.3. The zero-order chi connectivity index (χ0) is 22.4. The molecule has 1 aromatic carbocycles. The van der Waals surface area contributed by atoms with Crippen LogP contribution in [0.4, 0.5) is 17.6 Å². The van der Waals surface area contributed by atoms with Crippen LogP contribution in [-0.4, -0.2) is 24.6 Å². The second kappa shape index (κ2) is 18.5. The molecule has 30 heavy (non-hydrogen) atoms. The molecule has 0 aromatic heterocycles. The minimum atomic E-state index is -1.35. The summed E-state index contributed by atoms with van der Waals surface area (Å²) in [7, 11) is -0.562. The maximum absolute atomic E-state index is 12.6. The van der Waals surface area contributed by atoms with Gasteiger partial charge in [0.25, 0.3) is 0 Å². The van der Waals surface area contributed by atoms with Gasteiger partial charge in [0, 0.05) is 7.26 Å². The van der Waals surface area contributed by atoms with Gasteiger partial charge in [0.2, 0.25) is 0 Å². The van der Waals surface area contributed by atoms with Gasteiger partial charge in [-0.15, -0.1) is 0 Å². The van der Waals surface area contributed by atoms with Crippen molar-refractivity contribution in [3.63, 3.8) is 0 Å². The average molecular weight is 697 g/mol. The molecule has 0 aliphatic heterocycles. The van der Waals surface area contributed by atoms with E-state index in [-0.39, 0.29) is 12.4 Å². The minimum Gasteiger partial charge on any atom is -1.00 e. The predicted octanol–water partition coefficient (Wildman–Crippen LogP) is 6.66. The second-order valence-corrected chi connectivity index (χ2v) is 14.2. The van der Waals surface area contributed by atoms with Gasteiger partial charge in [-0.1, -0.05) is 53.4 Å². The number of benzene rings is 1. The first-order valence-corrected chi connectivity index (χ1v) is 15.4. The fourth-order valence-corrected chi connectivity index (χ4v) is 9.46. The molecule has 178 valence electrons. The Bertz CT molecular complexity index is 460. The Morgan fingerprint density at radius 2 is 0.733 bits per heavy atom. The Balaban J connectivity index is 0. The van der Waals surface area contributed by atoms with Gasteiger partial charge in [-0.3, -0.25) is 0 Å². The van der Waals surface area contributed by atoms with Crippen molar-refractivity contribution >= 4 is 52.4 Å². The van der Waals surface area contributed by atoms with Crippen molar-refractivity contribution in [2.24, 2.45) is 0 Å². The zero-order valence-electron chi connectivity index (χ0n) is 18.6. The number of unbranched alkanes of at least 4 members (excludes halogenated alkanes) is 4. The van der Waals surface area contributed by atoms with Crippen molar-refractivity contribution in [2.75, 3.05) is 24.6 Å². The Kier molecular flexibility index (Phi) is 20.6. The van der Waals surface area contributed by atoms with Crippen molar-refractivity contribution < 1.29 is 30.0 Å². The lowest BCUT2D eigenvalue weighted by Crippen LogP contribution is -3.00. The predicted molar refractivity (Wildman–Crippen MR) is 138 cm³/mol. The molecule has 0 fully saturated rings. The van der Waals surface area contributed by atoms with E-state index in [1.54, 1.807) is 24.6 Å². The first-order valence-electron chi connectivity index (χ1n) is 10.7. The summed E-state index contributed by atoms with van der Waals surface area (Å²) in [6.45, 7) is 9.42. The third-order valence-electron chi connectivity index (χ3n) is 5.10. The summed E-state index contributed by atoms with van der Waals surface area (Å²) in [5, 5.41) is 0. The molecule has 0 saturated carbocycles. The van der Waals surface area contributed by atoms with Crippen molar-refractivity contribution in [3.8, 4) is 0 Å². The molecule has 0 heterocycles. The zero-order valence-corrected chi connectivity index (χ0v) is 24.5.